The summed E-state index contributed by atoms with van der Waals surface area (Å²) in [4.78, 5) is 6.91. The van der Waals surface area contributed by atoms with Crippen molar-refractivity contribution in [3.8, 4) is 22.8 Å². The average molecular weight is 411 g/mol. The number of nitrogens with zero attached hydrogens (tertiary/aromatic N) is 3. The van der Waals surface area contributed by atoms with Crippen molar-refractivity contribution in [2.24, 2.45) is 5.10 Å². The number of anilines is 2. The molecule has 0 spiro atoms. The molecule has 7 heteroatoms. The van der Waals surface area contributed by atoms with Gasteiger partial charge in [-0.25, -0.2) is 4.98 Å². The number of benzene rings is 2. The topological polar surface area (TPSA) is 59.0 Å². The third-order valence-electron chi connectivity index (χ3n) is 4.58. The molecule has 0 amide bonds. The maximum atomic E-state index is 5.46. The van der Waals surface area contributed by atoms with E-state index in [-0.39, 0.29) is 0 Å². The van der Waals surface area contributed by atoms with Crippen LogP contribution in [0, 0.1) is 0 Å². The molecule has 0 fully saturated rings. The molecule has 29 heavy (non-hydrogen) atoms. The Morgan fingerprint density at radius 3 is 2.48 bits per heavy atom. The standard InChI is InChI=1S/C22H26N4O2S/c1-5-26(6-2)17-9-7-16(8-10-17)14-23-25-22-24-20(15-29-22)19-12-11-18(27-3)13-21(19)28-4/h7-15H,5-6H2,1-4H3,(H,24,25)/b23-14-. The molecule has 0 saturated heterocycles. The van der Waals surface area contributed by atoms with E-state index >= 15 is 0 Å². The van der Waals surface area contributed by atoms with Crippen molar-refractivity contribution in [2.75, 3.05) is 37.6 Å². The van der Waals surface area contributed by atoms with Crippen molar-refractivity contribution in [3.05, 3.63) is 53.4 Å². The molecule has 0 atom stereocenters. The molecule has 2 aromatic carbocycles. The highest BCUT2D eigenvalue weighted by Gasteiger charge is 2.11. The number of methoxy groups -OCH3 is 2. The number of nitrogens with one attached hydrogen (secondary N) is 1. The van der Waals surface area contributed by atoms with Gasteiger partial charge in [0.05, 0.1) is 26.1 Å². The van der Waals surface area contributed by atoms with Crippen LogP contribution in [0.15, 0.2) is 52.9 Å². The lowest BCUT2D eigenvalue weighted by Gasteiger charge is -2.20. The van der Waals surface area contributed by atoms with Crippen LogP contribution in [0.2, 0.25) is 0 Å². The lowest BCUT2D eigenvalue weighted by Crippen LogP contribution is -2.21. The van der Waals surface area contributed by atoms with Crippen LogP contribution >= 0.6 is 11.3 Å². The Balaban J connectivity index is 1.66. The van der Waals surface area contributed by atoms with Gasteiger partial charge in [-0.15, -0.1) is 11.3 Å². The molecule has 1 aromatic heterocycles. The number of thiazole rings is 1. The van der Waals surface area contributed by atoms with Crippen molar-refractivity contribution in [1.29, 1.82) is 0 Å². The second-order valence-corrected chi connectivity index (χ2v) is 7.10. The zero-order chi connectivity index (χ0) is 20.6. The molecule has 0 aliphatic heterocycles. The first-order valence-electron chi connectivity index (χ1n) is 9.50. The van der Waals surface area contributed by atoms with Crippen LogP contribution in [0.1, 0.15) is 19.4 Å². The van der Waals surface area contributed by atoms with E-state index in [0.717, 1.165) is 41.4 Å². The number of hydrazone groups is 1. The summed E-state index contributed by atoms with van der Waals surface area (Å²) in [6.45, 7) is 6.31. The van der Waals surface area contributed by atoms with E-state index in [2.05, 4.69) is 58.5 Å². The first-order valence-corrected chi connectivity index (χ1v) is 10.4. The number of hydrogen-bond donors (Lipinski definition) is 1. The molecule has 0 saturated carbocycles. The van der Waals surface area contributed by atoms with Crippen LogP contribution in [0.25, 0.3) is 11.3 Å². The molecule has 0 radical (unpaired) electrons. The zero-order valence-corrected chi connectivity index (χ0v) is 18.0. The van der Waals surface area contributed by atoms with Gasteiger partial charge in [-0.3, -0.25) is 5.43 Å². The molecule has 0 bridgehead atoms. The van der Waals surface area contributed by atoms with Crippen LogP contribution in [0.5, 0.6) is 11.5 Å². The van der Waals surface area contributed by atoms with E-state index in [9.17, 15) is 0 Å². The number of hydrogen-bond acceptors (Lipinski definition) is 7. The fraction of sp³-hybridized carbons (Fsp3) is 0.273. The van der Waals surface area contributed by atoms with Gasteiger partial charge >= 0.3 is 0 Å². The Kier molecular flexibility index (Phi) is 7.08. The van der Waals surface area contributed by atoms with Crippen LogP contribution in [0.4, 0.5) is 10.8 Å². The number of ether oxygens (including phenoxy) is 2. The normalized spacial score (nSPS) is 10.9. The molecular weight excluding hydrogens is 384 g/mol. The fourth-order valence-electron chi connectivity index (χ4n) is 2.98. The molecule has 0 unspecified atom stereocenters. The van der Waals surface area contributed by atoms with E-state index in [1.165, 1.54) is 17.0 Å². The smallest absolute Gasteiger partial charge is 0.203 e. The highest BCUT2D eigenvalue weighted by atomic mass is 32.1. The first-order chi connectivity index (χ1) is 14.2. The summed E-state index contributed by atoms with van der Waals surface area (Å²) < 4.78 is 10.7. The van der Waals surface area contributed by atoms with E-state index in [1.807, 2.05) is 23.6 Å². The summed E-state index contributed by atoms with van der Waals surface area (Å²) in [5.74, 6) is 1.47. The predicted molar refractivity (Wildman–Crippen MR) is 122 cm³/mol. The van der Waals surface area contributed by atoms with Crippen molar-refractivity contribution >= 4 is 28.4 Å². The molecule has 1 N–H and O–H groups in total. The third-order valence-corrected chi connectivity index (χ3v) is 5.33. The van der Waals surface area contributed by atoms with Gasteiger partial charge in [0.15, 0.2) is 0 Å². The van der Waals surface area contributed by atoms with Crippen LogP contribution in [-0.4, -0.2) is 38.5 Å². The van der Waals surface area contributed by atoms with Crippen molar-refractivity contribution in [3.63, 3.8) is 0 Å². The minimum absolute atomic E-state index is 0.717. The monoisotopic (exact) mass is 410 g/mol. The molecule has 3 rings (SSSR count). The lowest BCUT2D eigenvalue weighted by molar-refractivity contribution is 0.395. The van der Waals surface area contributed by atoms with Gasteiger partial charge in [0.2, 0.25) is 5.13 Å². The highest BCUT2D eigenvalue weighted by molar-refractivity contribution is 7.14. The van der Waals surface area contributed by atoms with Crippen LogP contribution in [-0.2, 0) is 0 Å². The summed E-state index contributed by atoms with van der Waals surface area (Å²) >= 11 is 1.49. The Hall–Kier alpha value is -3.06. The minimum Gasteiger partial charge on any atom is -0.497 e. The van der Waals surface area contributed by atoms with Crippen molar-refractivity contribution in [2.45, 2.75) is 13.8 Å². The van der Waals surface area contributed by atoms with Gasteiger partial charge in [0.1, 0.15) is 11.5 Å². The van der Waals surface area contributed by atoms with E-state index in [1.54, 1.807) is 20.4 Å². The maximum absolute atomic E-state index is 5.46. The van der Waals surface area contributed by atoms with Crippen molar-refractivity contribution in [1.82, 2.24) is 4.98 Å². The van der Waals surface area contributed by atoms with Gasteiger partial charge in [0.25, 0.3) is 0 Å². The van der Waals surface area contributed by atoms with Crippen LogP contribution in [0.3, 0.4) is 0 Å². The summed E-state index contributed by atoms with van der Waals surface area (Å²) in [5, 5.41) is 7.00. The first kappa shape index (κ1) is 20.7. The maximum Gasteiger partial charge on any atom is 0.203 e. The lowest BCUT2D eigenvalue weighted by atomic mass is 10.1. The van der Waals surface area contributed by atoms with E-state index < -0.39 is 0 Å². The second kappa shape index (κ2) is 9.93. The summed E-state index contributed by atoms with van der Waals surface area (Å²) in [7, 11) is 3.27. The van der Waals surface area contributed by atoms with E-state index in [4.69, 9.17) is 9.47 Å². The van der Waals surface area contributed by atoms with Gasteiger partial charge in [-0.05, 0) is 43.7 Å². The summed E-state index contributed by atoms with van der Waals surface area (Å²) in [6.07, 6.45) is 1.79. The average Bonchev–Trinajstić information content (AvgIpc) is 3.23. The van der Waals surface area contributed by atoms with E-state index in [0.29, 0.717) is 5.13 Å². The highest BCUT2D eigenvalue weighted by Crippen LogP contribution is 2.34. The summed E-state index contributed by atoms with van der Waals surface area (Å²) in [6, 6.07) is 14.0. The quantitative estimate of drug-likeness (QED) is 0.392. The molecular formula is C22H26N4O2S. The molecule has 3 aromatic rings. The van der Waals surface area contributed by atoms with Gasteiger partial charge < -0.3 is 14.4 Å². The Labute approximate surface area is 175 Å². The van der Waals surface area contributed by atoms with Gasteiger partial charge in [0, 0.05) is 35.8 Å². The molecule has 0 aliphatic carbocycles. The second-order valence-electron chi connectivity index (χ2n) is 6.24. The molecule has 152 valence electrons. The predicted octanol–water partition coefficient (Wildman–Crippen LogP) is 5.12. The van der Waals surface area contributed by atoms with Gasteiger partial charge in [-0.2, -0.15) is 5.10 Å². The SMILES string of the molecule is CCN(CC)c1ccc(/C=N\Nc2nc(-c3ccc(OC)cc3OC)cs2)cc1. The Bertz CT molecular complexity index is 950. The zero-order valence-electron chi connectivity index (χ0n) is 17.2. The van der Waals surface area contributed by atoms with Gasteiger partial charge in [-0.1, -0.05) is 12.1 Å². The largest absolute Gasteiger partial charge is 0.497 e. The van der Waals surface area contributed by atoms with Crippen LogP contribution < -0.4 is 19.8 Å². The fourth-order valence-corrected chi connectivity index (χ4v) is 3.64. The third kappa shape index (κ3) is 5.06. The van der Waals surface area contributed by atoms with Crippen molar-refractivity contribution < 1.29 is 9.47 Å². The minimum atomic E-state index is 0.717. The molecule has 1 heterocycles. The number of rotatable bonds is 9. The Morgan fingerprint density at radius 2 is 1.83 bits per heavy atom. The summed E-state index contributed by atoms with van der Waals surface area (Å²) in [5.41, 5.74) is 6.99. The Morgan fingerprint density at radius 1 is 1.07 bits per heavy atom. The molecule has 6 nitrogen and oxygen atoms in total. The number of aromatic nitrogens is 1. The molecule has 0 aliphatic rings.